The van der Waals surface area contributed by atoms with Crippen LogP contribution in [-0.4, -0.2) is 28.6 Å². The number of benzene rings is 1. The molecule has 1 aromatic rings. The quantitative estimate of drug-likeness (QED) is 0.739. The first-order valence-electron chi connectivity index (χ1n) is 7.34. The summed E-state index contributed by atoms with van der Waals surface area (Å²) in [6.45, 7) is 0. The van der Waals surface area contributed by atoms with Gasteiger partial charge in [0.25, 0.3) is 0 Å². The molecule has 0 aromatic heterocycles. The van der Waals surface area contributed by atoms with Gasteiger partial charge in [-0.3, -0.25) is 9.59 Å². The number of hydrogen-bond donors (Lipinski definition) is 3. The van der Waals surface area contributed by atoms with Crippen molar-refractivity contribution in [2.24, 2.45) is 5.73 Å². The van der Waals surface area contributed by atoms with E-state index >= 15 is 0 Å². The average molecular weight is 290 g/mol. The van der Waals surface area contributed by atoms with Gasteiger partial charge in [-0.15, -0.1) is 0 Å². The zero-order valence-electron chi connectivity index (χ0n) is 12.0. The van der Waals surface area contributed by atoms with Crippen LogP contribution in [0.15, 0.2) is 30.3 Å². The summed E-state index contributed by atoms with van der Waals surface area (Å²) >= 11 is 0. The number of carbonyl (C=O) groups is 2. The fourth-order valence-corrected chi connectivity index (χ4v) is 3.00. The molecule has 2 rings (SSSR count). The van der Waals surface area contributed by atoms with E-state index in [-0.39, 0.29) is 12.3 Å². The Labute approximate surface area is 124 Å². The van der Waals surface area contributed by atoms with Crippen LogP contribution in [0, 0.1) is 0 Å². The minimum absolute atomic E-state index is 0.0310. The smallest absolute Gasteiger partial charge is 0.305 e. The van der Waals surface area contributed by atoms with Crippen LogP contribution in [0.5, 0.6) is 0 Å². The van der Waals surface area contributed by atoms with E-state index in [1.54, 1.807) is 0 Å². The lowest BCUT2D eigenvalue weighted by molar-refractivity contribution is -0.139. The molecule has 0 radical (unpaired) electrons. The lowest BCUT2D eigenvalue weighted by atomic mass is 9.92. The normalized spacial score (nSPS) is 18.1. The number of carboxylic acid groups (broad SMARTS) is 1. The van der Waals surface area contributed by atoms with Crippen molar-refractivity contribution >= 4 is 11.9 Å². The number of rotatable bonds is 6. The van der Waals surface area contributed by atoms with Gasteiger partial charge in [0, 0.05) is 0 Å². The van der Waals surface area contributed by atoms with Crippen molar-refractivity contribution in [1.29, 1.82) is 0 Å². The Bertz CT molecular complexity index is 496. The molecule has 1 aromatic carbocycles. The van der Waals surface area contributed by atoms with Crippen molar-refractivity contribution in [2.45, 2.75) is 50.1 Å². The van der Waals surface area contributed by atoms with Gasteiger partial charge in [0.1, 0.15) is 0 Å². The molecule has 0 spiro atoms. The molecule has 1 fully saturated rings. The molecule has 1 atom stereocenters. The Kier molecular flexibility index (Phi) is 4.96. The number of carbonyl (C=O) groups excluding carboxylic acids is 1. The third-order valence-electron chi connectivity index (χ3n) is 4.07. The summed E-state index contributed by atoms with van der Waals surface area (Å²) in [5.41, 5.74) is 6.34. The molecule has 1 amide bonds. The van der Waals surface area contributed by atoms with Crippen LogP contribution in [0.1, 0.15) is 37.7 Å². The van der Waals surface area contributed by atoms with E-state index in [1.165, 1.54) is 0 Å². The lowest BCUT2D eigenvalue weighted by Crippen LogP contribution is -2.53. The van der Waals surface area contributed by atoms with Crippen molar-refractivity contribution in [3.05, 3.63) is 35.9 Å². The Hall–Kier alpha value is -1.88. The highest BCUT2D eigenvalue weighted by Crippen LogP contribution is 2.32. The largest absolute Gasteiger partial charge is 0.481 e. The van der Waals surface area contributed by atoms with Gasteiger partial charge < -0.3 is 16.2 Å². The number of amides is 1. The average Bonchev–Trinajstić information content (AvgIpc) is 2.87. The van der Waals surface area contributed by atoms with Crippen LogP contribution < -0.4 is 11.1 Å². The molecule has 21 heavy (non-hydrogen) atoms. The van der Waals surface area contributed by atoms with Crippen molar-refractivity contribution in [1.82, 2.24) is 5.32 Å². The molecule has 1 saturated carbocycles. The summed E-state index contributed by atoms with van der Waals surface area (Å²) in [6, 6.07) is 8.92. The first-order valence-corrected chi connectivity index (χ1v) is 7.34. The highest BCUT2D eigenvalue weighted by molar-refractivity contribution is 5.83. The SMILES string of the molecule is N[C@H](Cc1ccccc1)C(=O)NC1(CC(=O)O)CCCC1. The highest BCUT2D eigenvalue weighted by Gasteiger charge is 2.38. The number of nitrogens with one attached hydrogen (secondary N) is 1. The van der Waals surface area contributed by atoms with Crippen molar-refractivity contribution in [3.8, 4) is 0 Å². The highest BCUT2D eigenvalue weighted by atomic mass is 16.4. The molecule has 0 bridgehead atoms. The molecule has 0 saturated heterocycles. The number of hydrogen-bond acceptors (Lipinski definition) is 3. The minimum atomic E-state index is -0.881. The van der Waals surface area contributed by atoms with Gasteiger partial charge in [-0.1, -0.05) is 43.2 Å². The second-order valence-electron chi connectivity index (χ2n) is 5.84. The van der Waals surface area contributed by atoms with E-state index in [4.69, 9.17) is 10.8 Å². The van der Waals surface area contributed by atoms with Crippen molar-refractivity contribution < 1.29 is 14.7 Å². The van der Waals surface area contributed by atoms with Crippen LogP contribution in [0.2, 0.25) is 0 Å². The Morgan fingerprint density at radius 1 is 1.24 bits per heavy atom. The maximum Gasteiger partial charge on any atom is 0.305 e. The third-order valence-corrected chi connectivity index (χ3v) is 4.07. The zero-order chi connectivity index (χ0) is 15.3. The summed E-state index contributed by atoms with van der Waals surface area (Å²) in [7, 11) is 0. The number of nitrogens with two attached hydrogens (primary N) is 1. The van der Waals surface area contributed by atoms with Crippen LogP contribution >= 0.6 is 0 Å². The Morgan fingerprint density at radius 3 is 2.43 bits per heavy atom. The summed E-state index contributed by atoms with van der Waals surface area (Å²) in [5, 5.41) is 11.9. The third kappa shape index (κ3) is 4.29. The Morgan fingerprint density at radius 2 is 1.86 bits per heavy atom. The molecule has 0 aliphatic heterocycles. The molecule has 0 unspecified atom stereocenters. The van der Waals surface area contributed by atoms with Gasteiger partial charge in [0.15, 0.2) is 0 Å². The van der Waals surface area contributed by atoms with Gasteiger partial charge >= 0.3 is 5.97 Å². The summed E-state index contributed by atoms with van der Waals surface area (Å²) in [6.07, 6.45) is 3.74. The topological polar surface area (TPSA) is 92.4 Å². The van der Waals surface area contributed by atoms with E-state index < -0.39 is 17.6 Å². The minimum Gasteiger partial charge on any atom is -0.481 e. The molecule has 0 heterocycles. The fourth-order valence-electron chi connectivity index (χ4n) is 3.00. The van der Waals surface area contributed by atoms with E-state index in [9.17, 15) is 9.59 Å². The van der Waals surface area contributed by atoms with Gasteiger partial charge in [0.05, 0.1) is 18.0 Å². The number of aliphatic carboxylic acids is 1. The predicted octanol–water partition coefficient (Wildman–Crippen LogP) is 1.46. The van der Waals surface area contributed by atoms with Gasteiger partial charge in [0.2, 0.25) is 5.91 Å². The lowest BCUT2D eigenvalue weighted by Gasteiger charge is -2.30. The predicted molar refractivity (Wildman–Crippen MR) is 79.7 cm³/mol. The van der Waals surface area contributed by atoms with Crippen molar-refractivity contribution in [2.75, 3.05) is 0 Å². The molecular weight excluding hydrogens is 268 g/mol. The van der Waals surface area contributed by atoms with Crippen molar-refractivity contribution in [3.63, 3.8) is 0 Å². The molecular formula is C16H22N2O3. The van der Waals surface area contributed by atoms with Gasteiger partial charge in [-0.25, -0.2) is 0 Å². The van der Waals surface area contributed by atoms with E-state index in [1.807, 2.05) is 30.3 Å². The molecule has 114 valence electrons. The van der Waals surface area contributed by atoms with Crippen LogP contribution in [0.25, 0.3) is 0 Å². The number of carboxylic acids is 1. The summed E-state index contributed by atoms with van der Waals surface area (Å²) in [5.74, 6) is -1.14. The molecule has 1 aliphatic carbocycles. The van der Waals surface area contributed by atoms with E-state index in [0.29, 0.717) is 19.3 Å². The second kappa shape index (κ2) is 6.72. The second-order valence-corrected chi connectivity index (χ2v) is 5.84. The molecule has 5 nitrogen and oxygen atoms in total. The van der Waals surface area contributed by atoms with E-state index in [0.717, 1.165) is 18.4 Å². The standard InChI is InChI=1S/C16H22N2O3/c17-13(10-12-6-2-1-3-7-12)15(21)18-16(11-14(19)20)8-4-5-9-16/h1-3,6-7,13H,4-5,8-11,17H2,(H,18,21)(H,19,20)/t13-/m1/s1. The Balaban J connectivity index is 1.97. The molecule has 1 aliphatic rings. The van der Waals surface area contributed by atoms with Crippen LogP contribution in [0.3, 0.4) is 0 Å². The first kappa shape index (κ1) is 15.5. The maximum absolute atomic E-state index is 12.3. The van der Waals surface area contributed by atoms with Crippen LogP contribution in [0.4, 0.5) is 0 Å². The van der Waals surface area contributed by atoms with Gasteiger partial charge in [-0.2, -0.15) is 0 Å². The summed E-state index contributed by atoms with van der Waals surface area (Å²) in [4.78, 5) is 23.3. The van der Waals surface area contributed by atoms with E-state index in [2.05, 4.69) is 5.32 Å². The fraction of sp³-hybridized carbons (Fsp3) is 0.500. The van der Waals surface area contributed by atoms with Crippen LogP contribution in [-0.2, 0) is 16.0 Å². The zero-order valence-corrected chi connectivity index (χ0v) is 12.0. The molecule has 4 N–H and O–H groups in total. The summed E-state index contributed by atoms with van der Waals surface area (Å²) < 4.78 is 0. The van der Waals surface area contributed by atoms with Gasteiger partial charge in [-0.05, 0) is 24.8 Å². The first-order chi connectivity index (χ1) is 10.0. The molecule has 5 heteroatoms. The monoisotopic (exact) mass is 290 g/mol. The maximum atomic E-state index is 12.3.